The van der Waals surface area contributed by atoms with Crippen LogP contribution in [0.5, 0.6) is 0 Å². The lowest BCUT2D eigenvalue weighted by molar-refractivity contribution is 0.0489. The van der Waals surface area contributed by atoms with Gasteiger partial charge in [-0.15, -0.1) is 11.3 Å². The highest BCUT2D eigenvalue weighted by atomic mass is 35.5. The highest BCUT2D eigenvalue weighted by Crippen LogP contribution is 2.36. The smallest absolute Gasteiger partial charge is 0.376 e. The number of aromatic nitrogens is 1. The Morgan fingerprint density at radius 2 is 2.26 bits per heavy atom. The molecule has 0 bridgehead atoms. The van der Waals surface area contributed by atoms with Gasteiger partial charge in [0, 0.05) is 0 Å². The second-order valence-electron chi connectivity index (χ2n) is 3.93. The molecule has 0 unspecified atom stereocenters. The molecule has 0 amide bonds. The Morgan fingerprint density at radius 3 is 2.79 bits per heavy atom. The second-order valence-corrected chi connectivity index (χ2v) is 5.19. The molecule has 0 fully saturated rings. The zero-order chi connectivity index (χ0) is 14.0. The SMILES string of the molecule is CCOC(=O)c1oc(-c2scc(C)c2Cl)nc1CC. The van der Waals surface area contributed by atoms with Crippen molar-refractivity contribution < 1.29 is 13.9 Å². The lowest BCUT2D eigenvalue weighted by Gasteiger charge is -1.98. The Balaban J connectivity index is 2.44. The largest absolute Gasteiger partial charge is 0.460 e. The summed E-state index contributed by atoms with van der Waals surface area (Å²) >= 11 is 7.63. The molecule has 0 N–H and O–H groups in total. The van der Waals surface area contributed by atoms with Crippen molar-refractivity contribution in [2.24, 2.45) is 0 Å². The summed E-state index contributed by atoms with van der Waals surface area (Å²) in [7, 11) is 0. The molecule has 0 aliphatic rings. The Hall–Kier alpha value is -1.33. The van der Waals surface area contributed by atoms with E-state index in [1.807, 2.05) is 19.2 Å². The first-order valence-corrected chi connectivity index (χ1v) is 7.25. The van der Waals surface area contributed by atoms with E-state index in [9.17, 15) is 4.79 Å². The maximum atomic E-state index is 11.8. The Kier molecular flexibility index (Phi) is 4.27. The van der Waals surface area contributed by atoms with Crippen molar-refractivity contribution in [2.75, 3.05) is 6.61 Å². The molecular weight excluding hydrogens is 286 g/mol. The highest BCUT2D eigenvalue weighted by molar-refractivity contribution is 7.14. The Labute approximate surface area is 120 Å². The first kappa shape index (κ1) is 14.1. The summed E-state index contributed by atoms with van der Waals surface area (Å²) in [5, 5.41) is 2.54. The summed E-state index contributed by atoms with van der Waals surface area (Å²) in [5.41, 5.74) is 1.56. The van der Waals surface area contributed by atoms with E-state index in [0.717, 1.165) is 10.4 Å². The molecule has 0 atom stereocenters. The van der Waals surface area contributed by atoms with E-state index >= 15 is 0 Å². The third-order valence-corrected chi connectivity index (χ3v) is 4.27. The van der Waals surface area contributed by atoms with Crippen LogP contribution in [0.15, 0.2) is 9.80 Å². The number of hydrogen-bond acceptors (Lipinski definition) is 5. The van der Waals surface area contributed by atoms with Gasteiger partial charge in [0.05, 0.1) is 17.3 Å². The van der Waals surface area contributed by atoms with Crippen LogP contribution in [0.3, 0.4) is 0 Å². The van der Waals surface area contributed by atoms with Gasteiger partial charge in [-0.2, -0.15) is 0 Å². The van der Waals surface area contributed by atoms with E-state index in [0.29, 0.717) is 29.6 Å². The maximum absolute atomic E-state index is 11.8. The topological polar surface area (TPSA) is 52.3 Å². The summed E-state index contributed by atoms with van der Waals surface area (Å²) in [4.78, 5) is 16.8. The van der Waals surface area contributed by atoms with Crippen molar-refractivity contribution in [3.05, 3.63) is 27.4 Å². The lowest BCUT2D eigenvalue weighted by Crippen LogP contribution is -2.05. The number of carbonyl (C=O) groups excluding carboxylic acids is 1. The number of ether oxygens (including phenoxy) is 1. The number of esters is 1. The highest BCUT2D eigenvalue weighted by Gasteiger charge is 2.23. The van der Waals surface area contributed by atoms with E-state index in [1.54, 1.807) is 6.92 Å². The van der Waals surface area contributed by atoms with Crippen LogP contribution in [-0.4, -0.2) is 17.6 Å². The summed E-state index contributed by atoms with van der Waals surface area (Å²) in [6, 6.07) is 0. The van der Waals surface area contributed by atoms with E-state index in [2.05, 4.69) is 4.98 Å². The fourth-order valence-electron chi connectivity index (χ4n) is 1.62. The molecule has 2 rings (SSSR count). The van der Waals surface area contributed by atoms with Crippen LogP contribution in [0.1, 0.15) is 35.7 Å². The molecule has 0 spiro atoms. The van der Waals surface area contributed by atoms with Gasteiger partial charge in [0.2, 0.25) is 11.7 Å². The van der Waals surface area contributed by atoms with Gasteiger partial charge in [-0.25, -0.2) is 9.78 Å². The second kappa shape index (κ2) is 5.75. The summed E-state index contributed by atoms with van der Waals surface area (Å²) < 4.78 is 10.5. The van der Waals surface area contributed by atoms with Gasteiger partial charge >= 0.3 is 5.97 Å². The number of rotatable bonds is 4. The molecule has 0 aromatic carbocycles. The van der Waals surface area contributed by atoms with Crippen LogP contribution in [0.2, 0.25) is 5.02 Å². The number of halogens is 1. The van der Waals surface area contributed by atoms with Crippen molar-refractivity contribution in [1.82, 2.24) is 4.98 Å². The van der Waals surface area contributed by atoms with Crippen molar-refractivity contribution in [1.29, 1.82) is 0 Å². The molecule has 2 aromatic rings. The maximum Gasteiger partial charge on any atom is 0.376 e. The van der Waals surface area contributed by atoms with E-state index in [-0.39, 0.29) is 5.76 Å². The van der Waals surface area contributed by atoms with Crippen LogP contribution in [0.25, 0.3) is 10.8 Å². The van der Waals surface area contributed by atoms with Crippen molar-refractivity contribution in [3.63, 3.8) is 0 Å². The molecule has 2 heterocycles. The number of aryl methyl sites for hydroxylation is 2. The van der Waals surface area contributed by atoms with Crippen LogP contribution >= 0.6 is 22.9 Å². The number of nitrogens with zero attached hydrogens (tertiary/aromatic N) is 1. The van der Waals surface area contributed by atoms with Gasteiger partial charge in [0.1, 0.15) is 4.88 Å². The van der Waals surface area contributed by atoms with E-state index < -0.39 is 5.97 Å². The molecule has 102 valence electrons. The minimum Gasteiger partial charge on any atom is -0.460 e. The zero-order valence-corrected chi connectivity index (χ0v) is 12.5. The summed E-state index contributed by atoms with van der Waals surface area (Å²) in [6.45, 7) is 5.88. The van der Waals surface area contributed by atoms with E-state index in [1.165, 1.54) is 11.3 Å². The minimum atomic E-state index is -0.484. The van der Waals surface area contributed by atoms with Gasteiger partial charge < -0.3 is 9.15 Å². The fourth-order valence-corrected chi connectivity index (χ4v) is 2.82. The molecular formula is C13H14ClNO3S. The van der Waals surface area contributed by atoms with Crippen LogP contribution < -0.4 is 0 Å². The van der Waals surface area contributed by atoms with Crippen LogP contribution in [0.4, 0.5) is 0 Å². The number of oxazole rings is 1. The third-order valence-electron chi connectivity index (χ3n) is 2.59. The van der Waals surface area contributed by atoms with Crippen molar-refractivity contribution in [3.8, 4) is 10.8 Å². The molecule has 0 radical (unpaired) electrons. The predicted molar refractivity (Wildman–Crippen MR) is 74.9 cm³/mol. The van der Waals surface area contributed by atoms with Gasteiger partial charge in [-0.05, 0) is 31.2 Å². The third kappa shape index (κ3) is 2.67. The molecule has 4 nitrogen and oxygen atoms in total. The molecule has 0 saturated carbocycles. The predicted octanol–water partition coefficient (Wildman–Crippen LogP) is 4.10. The Morgan fingerprint density at radius 1 is 1.53 bits per heavy atom. The van der Waals surface area contributed by atoms with Crippen molar-refractivity contribution in [2.45, 2.75) is 27.2 Å². The first-order valence-electron chi connectivity index (χ1n) is 5.99. The summed E-state index contributed by atoms with van der Waals surface area (Å²) in [5.74, 6) is 0.0620. The van der Waals surface area contributed by atoms with Crippen LogP contribution in [-0.2, 0) is 11.2 Å². The molecule has 2 aromatic heterocycles. The van der Waals surface area contributed by atoms with E-state index in [4.69, 9.17) is 20.8 Å². The molecule has 19 heavy (non-hydrogen) atoms. The normalized spacial score (nSPS) is 10.7. The monoisotopic (exact) mass is 299 g/mol. The van der Waals surface area contributed by atoms with Gasteiger partial charge in [-0.1, -0.05) is 18.5 Å². The lowest BCUT2D eigenvalue weighted by atomic mass is 10.3. The number of carbonyl (C=O) groups is 1. The van der Waals surface area contributed by atoms with Gasteiger partial charge in [0.15, 0.2) is 0 Å². The van der Waals surface area contributed by atoms with Gasteiger partial charge in [0.25, 0.3) is 0 Å². The standard InChI is InChI=1S/C13H14ClNO3S/c1-4-8-10(13(16)17-5-2)18-12(15-8)11-9(14)7(3)6-19-11/h6H,4-5H2,1-3H3. The minimum absolute atomic E-state index is 0.168. The van der Waals surface area contributed by atoms with Crippen LogP contribution in [0, 0.1) is 6.92 Å². The average molecular weight is 300 g/mol. The Bertz CT molecular complexity index is 603. The van der Waals surface area contributed by atoms with Crippen molar-refractivity contribution >= 4 is 28.9 Å². The molecule has 0 aliphatic carbocycles. The number of hydrogen-bond donors (Lipinski definition) is 0. The molecule has 0 aliphatic heterocycles. The summed E-state index contributed by atoms with van der Waals surface area (Å²) in [6.07, 6.45) is 0.597. The van der Waals surface area contributed by atoms with Gasteiger partial charge in [-0.3, -0.25) is 0 Å². The first-order chi connectivity index (χ1) is 9.08. The molecule has 6 heteroatoms. The quantitative estimate of drug-likeness (QED) is 0.797. The molecule has 0 saturated heterocycles. The average Bonchev–Trinajstić information content (AvgIpc) is 2.95. The number of thiophene rings is 1. The fraction of sp³-hybridized carbons (Fsp3) is 0.385. The zero-order valence-electron chi connectivity index (χ0n) is 10.9.